The fourth-order valence-corrected chi connectivity index (χ4v) is 1.82. The lowest BCUT2D eigenvalue weighted by Gasteiger charge is -2.05. The number of carbonyl (C=O) groups excluding carboxylic acids is 1. The summed E-state index contributed by atoms with van der Waals surface area (Å²) in [6.45, 7) is 0. The largest absolute Gasteiger partial charge is 0.508 e. The first-order valence-electron chi connectivity index (χ1n) is 5.76. The second-order valence-electron chi connectivity index (χ2n) is 4.14. The normalized spacial score (nSPS) is 10.5. The van der Waals surface area contributed by atoms with E-state index in [1.54, 1.807) is 36.7 Å². The Morgan fingerprint density at radius 1 is 1.16 bits per heavy atom. The molecular weight excluding hydrogens is 242 g/mol. The van der Waals surface area contributed by atoms with Crippen LogP contribution in [0.3, 0.4) is 0 Å². The van der Waals surface area contributed by atoms with Crippen LogP contribution in [0.1, 0.15) is 10.4 Å². The molecule has 5 nitrogen and oxygen atoms in total. The van der Waals surface area contributed by atoms with Gasteiger partial charge >= 0.3 is 0 Å². The lowest BCUT2D eigenvalue weighted by atomic mass is 10.2. The molecule has 3 aromatic rings. The molecule has 1 heterocycles. The number of aromatic nitrogens is 2. The molecule has 0 spiro atoms. The summed E-state index contributed by atoms with van der Waals surface area (Å²) in [5.74, 6) is -0.0425. The van der Waals surface area contributed by atoms with Gasteiger partial charge in [-0.1, -0.05) is 0 Å². The summed E-state index contributed by atoms with van der Waals surface area (Å²) in [4.78, 5) is 19.1. The van der Waals surface area contributed by atoms with Gasteiger partial charge in [0.15, 0.2) is 0 Å². The van der Waals surface area contributed by atoms with E-state index in [-0.39, 0.29) is 11.7 Å². The highest BCUT2D eigenvalue weighted by Gasteiger charge is 2.07. The summed E-state index contributed by atoms with van der Waals surface area (Å²) in [5.41, 5.74) is 2.82. The Kier molecular flexibility index (Phi) is 2.64. The molecule has 94 valence electrons. The Bertz CT molecular complexity index is 732. The van der Waals surface area contributed by atoms with Gasteiger partial charge in [0, 0.05) is 11.3 Å². The summed E-state index contributed by atoms with van der Waals surface area (Å²) in [6.07, 6.45) is 1.59. The Balaban J connectivity index is 1.84. The first-order chi connectivity index (χ1) is 9.22. The summed E-state index contributed by atoms with van der Waals surface area (Å²) in [6, 6.07) is 11.6. The van der Waals surface area contributed by atoms with E-state index in [4.69, 9.17) is 0 Å². The predicted octanol–water partition coefficient (Wildman–Crippen LogP) is 2.52. The van der Waals surface area contributed by atoms with E-state index in [2.05, 4.69) is 15.3 Å². The molecule has 5 heteroatoms. The number of nitrogens with one attached hydrogen (secondary N) is 2. The molecule has 0 unspecified atom stereocenters. The number of phenolic OH excluding ortho intramolecular Hbond substituents is 1. The Labute approximate surface area is 108 Å². The minimum Gasteiger partial charge on any atom is -0.508 e. The Morgan fingerprint density at radius 3 is 2.74 bits per heavy atom. The van der Waals surface area contributed by atoms with E-state index in [9.17, 15) is 9.90 Å². The van der Waals surface area contributed by atoms with Crippen LogP contribution in [-0.2, 0) is 0 Å². The summed E-state index contributed by atoms with van der Waals surface area (Å²) < 4.78 is 0. The monoisotopic (exact) mass is 253 g/mol. The van der Waals surface area contributed by atoms with E-state index < -0.39 is 0 Å². The van der Waals surface area contributed by atoms with Gasteiger partial charge in [-0.15, -0.1) is 0 Å². The number of H-pyrrole nitrogens is 1. The van der Waals surface area contributed by atoms with Gasteiger partial charge in [-0.2, -0.15) is 0 Å². The number of benzene rings is 2. The van der Waals surface area contributed by atoms with Crippen molar-refractivity contribution in [2.24, 2.45) is 0 Å². The van der Waals surface area contributed by atoms with Crippen molar-refractivity contribution in [1.82, 2.24) is 9.97 Å². The number of carbonyl (C=O) groups is 1. The van der Waals surface area contributed by atoms with Crippen molar-refractivity contribution < 1.29 is 9.90 Å². The minimum atomic E-state index is -0.206. The van der Waals surface area contributed by atoms with Crippen molar-refractivity contribution in [2.75, 3.05) is 5.32 Å². The maximum atomic E-state index is 12.1. The van der Waals surface area contributed by atoms with Crippen LogP contribution in [0.25, 0.3) is 11.0 Å². The van der Waals surface area contributed by atoms with E-state index >= 15 is 0 Å². The molecule has 0 aliphatic carbocycles. The predicted molar refractivity (Wildman–Crippen MR) is 72.2 cm³/mol. The number of hydrogen-bond acceptors (Lipinski definition) is 3. The fraction of sp³-hybridized carbons (Fsp3) is 0. The van der Waals surface area contributed by atoms with Crippen LogP contribution in [0.15, 0.2) is 48.8 Å². The summed E-state index contributed by atoms with van der Waals surface area (Å²) in [5, 5.41) is 11.9. The van der Waals surface area contributed by atoms with Crippen molar-refractivity contribution in [3.05, 3.63) is 54.4 Å². The molecule has 1 amide bonds. The van der Waals surface area contributed by atoms with Crippen LogP contribution in [0.5, 0.6) is 5.75 Å². The number of anilines is 1. The van der Waals surface area contributed by atoms with Crippen LogP contribution < -0.4 is 5.32 Å². The number of amides is 1. The zero-order chi connectivity index (χ0) is 13.2. The van der Waals surface area contributed by atoms with Gasteiger partial charge < -0.3 is 15.4 Å². The van der Waals surface area contributed by atoms with E-state index in [0.29, 0.717) is 11.3 Å². The zero-order valence-electron chi connectivity index (χ0n) is 9.92. The number of phenols is 1. The molecular formula is C14H11N3O2. The third-order valence-corrected chi connectivity index (χ3v) is 2.81. The highest BCUT2D eigenvalue weighted by molar-refractivity contribution is 6.05. The molecule has 19 heavy (non-hydrogen) atoms. The van der Waals surface area contributed by atoms with Crippen molar-refractivity contribution in [1.29, 1.82) is 0 Å². The Morgan fingerprint density at radius 2 is 1.95 bits per heavy atom. The third kappa shape index (κ3) is 2.26. The zero-order valence-corrected chi connectivity index (χ0v) is 9.92. The van der Waals surface area contributed by atoms with Crippen LogP contribution in [0.2, 0.25) is 0 Å². The molecule has 0 aliphatic heterocycles. The molecule has 0 saturated carbocycles. The van der Waals surface area contributed by atoms with E-state index in [1.165, 1.54) is 12.1 Å². The van der Waals surface area contributed by atoms with Gasteiger partial charge in [0.25, 0.3) is 5.91 Å². The highest BCUT2D eigenvalue weighted by atomic mass is 16.3. The second-order valence-corrected chi connectivity index (χ2v) is 4.14. The molecule has 0 fully saturated rings. The van der Waals surface area contributed by atoms with Crippen molar-refractivity contribution in [2.45, 2.75) is 0 Å². The fourth-order valence-electron chi connectivity index (χ4n) is 1.82. The number of aromatic amines is 1. The minimum absolute atomic E-state index is 0.164. The molecule has 1 aromatic heterocycles. The van der Waals surface area contributed by atoms with Crippen LogP contribution in [0.4, 0.5) is 5.69 Å². The van der Waals surface area contributed by atoms with E-state index in [1.807, 2.05) is 0 Å². The molecule has 0 aliphatic rings. The summed E-state index contributed by atoms with van der Waals surface area (Å²) in [7, 11) is 0. The maximum Gasteiger partial charge on any atom is 0.255 e. The van der Waals surface area contributed by atoms with E-state index in [0.717, 1.165) is 11.0 Å². The van der Waals surface area contributed by atoms with Gasteiger partial charge in [-0.05, 0) is 42.5 Å². The SMILES string of the molecule is O=C(Nc1ccc(O)cc1)c1ccc2nc[nH]c2c1. The highest BCUT2D eigenvalue weighted by Crippen LogP contribution is 2.16. The third-order valence-electron chi connectivity index (χ3n) is 2.81. The van der Waals surface area contributed by atoms with Gasteiger partial charge in [0.2, 0.25) is 0 Å². The number of aromatic hydroxyl groups is 1. The maximum absolute atomic E-state index is 12.1. The van der Waals surface area contributed by atoms with Crippen molar-refractivity contribution in [3.8, 4) is 5.75 Å². The molecule has 3 rings (SSSR count). The average molecular weight is 253 g/mol. The first-order valence-corrected chi connectivity index (χ1v) is 5.76. The molecule has 0 atom stereocenters. The molecule has 0 bridgehead atoms. The molecule has 3 N–H and O–H groups in total. The average Bonchev–Trinajstić information content (AvgIpc) is 2.88. The van der Waals surface area contributed by atoms with Crippen molar-refractivity contribution >= 4 is 22.6 Å². The quantitative estimate of drug-likeness (QED) is 0.614. The van der Waals surface area contributed by atoms with Crippen LogP contribution >= 0.6 is 0 Å². The Hall–Kier alpha value is -2.82. The number of hydrogen-bond donors (Lipinski definition) is 3. The smallest absolute Gasteiger partial charge is 0.255 e. The number of nitrogens with zero attached hydrogens (tertiary/aromatic N) is 1. The van der Waals surface area contributed by atoms with Gasteiger partial charge in [-0.25, -0.2) is 4.98 Å². The first kappa shape index (κ1) is 11.3. The second kappa shape index (κ2) is 4.45. The standard InChI is InChI=1S/C14H11N3O2/c18-11-4-2-10(3-5-11)17-14(19)9-1-6-12-13(7-9)16-8-15-12/h1-8,18H,(H,15,16)(H,17,19). The number of rotatable bonds is 2. The van der Waals surface area contributed by atoms with Gasteiger partial charge in [0.1, 0.15) is 5.75 Å². The topological polar surface area (TPSA) is 78.0 Å². The molecule has 2 aromatic carbocycles. The van der Waals surface area contributed by atoms with Crippen LogP contribution in [0, 0.1) is 0 Å². The number of imidazole rings is 1. The van der Waals surface area contributed by atoms with Crippen molar-refractivity contribution in [3.63, 3.8) is 0 Å². The number of fused-ring (bicyclic) bond motifs is 1. The lowest BCUT2D eigenvalue weighted by Crippen LogP contribution is -2.11. The van der Waals surface area contributed by atoms with Gasteiger partial charge in [0.05, 0.1) is 17.4 Å². The van der Waals surface area contributed by atoms with Crippen LogP contribution in [-0.4, -0.2) is 21.0 Å². The molecule has 0 saturated heterocycles. The lowest BCUT2D eigenvalue weighted by molar-refractivity contribution is 0.102. The van der Waals surface area contributed by atoms with Gasteiger partial charge in [-0.3, -0.25) is 4.79 Å². The molecule has 0 radical (unpaired) electrons. The summed E-state index contributed by atoms with van der Waals surface area (Å²) >= 11 is 0.